The maximum Gasteiger partial charge on any atom is 1.00 e. The van der Waals surface area contributed by atoms with Gasteiger partial charge in [-0.25, -0.2) is 0 Å². The molecule has 0 radical (unpaired) electrons. The molecule has 0 aliphatic carbocycles. The number of hydrogen-bond donors (Lipinski definition) is 0. The number of para-hydroxylation sites is 1. The van der Waals surface area contributed by atoms with Crippen LogP contribution < -0.4 is 33.7 Å². The van der Waals surface area contributed by atoms with Gasteiger partial charge in [-0.05, 0) is 18.6 Å². The second-order valence-electron chi connectivity index (χ2n) is 5.13. The van der Waals surface area contributed by atoms with Crippen LogP contribution in [0.25, 0.3) is 0 Å². The van der Waals surface area contributed by atoms with Gasteiger partial charge in [0.2, 0.25) is 0 Å². The van der Waals surface area contributed by atoms with Gasteiger partial charge in [-0.15, -0.1) is 0 Å². The van der Waals surface area contributed by atoms with E-state index in [1.807, 2.05) is 6.07 Å². The first-order chi connectivity index (χ1) is 9.64. The van der Waals surface area contributed by atoms with E-state index in [0.717, 1.165) is 12.8 Å². The minimum absolute atomic E-state index is 0. The van der Waals surface area contributed by atoms with Crippen LogP contribution in [0.2, 0.25) is 0 Å². The van der Waals surface area contributed by atoms with Crippen LogP contribution in [0.5, 0.6) is 5.75 Å². The third-order valence-corrected chi connectivity index (χ3v) is 4.45. The fourth-order valence-corrected chi connectivity index (χ4v) is 3.12. The van der Waals surface area contributed by atoms with Gasteiger partial charge in [0.25, 0.3) is 0 Å². The zero-order valence-corrected chi connectivity index (χ0v) is 16.2. The van der Waals surface area contributed by atoms with Crippen molar-refractivity contribution in [3.63, 3.8) is 0 Å². The van der Waals surface area contributed by atoms with Crippen molar-refractivity contribution in [3.8, 4) is 5.75 Å². The van der Waals surface area contributed by atoms with Crippen molar-refractivity contribution >= 4 is 10.1 Å². The quantitative estimate of drug-likeness (QED) is 0.353. The van der Waals surface area contributed by atoms with E-state index in [1.165, 1.54) is 32.1 Å². The normalized spacial score (nSPS) is 10.9. The van der Waals surface area contributed by atoms with Gasteiger partial charge in [0.1, 0.15) is 5.75 Å². The van der Waals surface area contributed by atoms with Gasteiger partial charge in [-0.2, -0.15) is 8.42 Å². The fourth-order valence-electron chi connectivity index (χ4n) is 2.08. The molecule has 0 amide bonds. The van der Waals surface area contributed by atoms with Gasteiger partial charge in [0.05, 0.1) is 5.75 Å². The first kappa shape index (κ1) is 21.0. The standard InChI is InChI=1S/C16H26O3S.Na.H/c1-2-3-4-5-6-7-8-12-15-20(17,18)19-16-13-10-9-11-14-16;;/h9-11,13-14H,2-8,12,15H2,1H3;;/q;+1;-1. The Labute approximate surface area is 153 Å². The molecule has 0 aliphatic heterocycles. The van der Waals surface area contributed by atoms with E-state index in [9.17, 15) is 8.42 Å². The predicted octanol–water partition coefficient (Wildman–Crippen LogP) is 1.65. The molecule has 0 aliphatic rings. The predicted molar refractivity (Wildman–Crippen MR) is 84.6 cm³/mol. The summed E-state index contributed by atoms with van der Waals surface area (Å²) in [6, 6.07) is 8.68. The van der Waals surface area contributed by atoms with Gasteiger partial charge >= 0.3 is 39.7 Å². The molecule has 0 atom stereocenters. The van der Waals surface area contributed by atoms with Crippen LogP contribution in [0.3, 0.4) is 0 Å². The van der Waals surface area contributed by atoms with Crippen LogP contribution >= 0.6 is 0 Å². The summed E-state index contributed by atoms with van der Waals surface area (Å²) in [4.78, 5) is 0. The summed E-state index contributed by atoms with van der Waals surface area (Å²) >= 11 is 0. The Hall–Kier alpha value is -0.0300. The fraction of sp³-hybridized carbons (Fsp3) is 0.625. The Kier molecular flexibility index (Phi) is 12.5. The van der Waals surface area contributed by atoms with E-state index in [4.69, 9.17) is 4.18 Å². The van der Waals surface area contributed by atoms with E-state index < -0.39 is 10.1 Å². The zero-order valence-electron chi connectivity index (χ0n) is 14.4. The number of benzene rings is 1. The molecule has 0 N–H and O–H groups in total. The summed E-state index contributed by atoms with van der Waals surface area (Å²) in [5.41, 5.74) is 0. The number of hydrogen-bond acceptors (Lipinski definition) is 3. The van der Waals surface area contributed by atoms with Crippen molar-refractivity contribution in [2.24, 2.45) is 0 Å². The first-order valence-electron chi connectivity index (χ1n) is 7.61. The van der Waals surface area contributed by atoms with Crippen molar-refractivity contribution in [2.45, 2.75) is 58.3 Å². The van der Waals surface area contributed by atoms with Crippen molar-refractivity contribution in [1.82, 2.24) is 0 Å². The Bertz CT molecular complexity index is 452. The molecule has 0 heterocycles. The molecule has 5 heteroatoms. The summed E-state index contributed by atoms with van der Waals surface area (Å²) in [5, 5.41) is 0. The van der Waals surface area contributed by atoms with Crippen LogP contribution in [-0.4, -0.2) is 14.2 Å². The molecule has 0 saturated heterocycles. The molecule has 21 heavy (non-hydrogen) atoms. The second kappa shape index (κ2) is 12.5. The molecule has 0 aromatic heterocycles. The molecule has 0 spiro atoms. The van der Waals surface area contributed by atoms with Crippen LogP contribution in [0.15, 0.2) is 30.3 Å². The molecule has 0 saturated carbocycles. The summed E-state index contributed by atoms with van der Waals surface area (Å²) in [5.74, 6) is 0.503. The second-order valence-corrected chi connectivity index (χ2v) is 6.82. The molecule has 1 rings (SSSR count). The minimum Gasteiger partial charge on any atom is -1.00 e. The molecule has 3 nitrogen and oxygen atoms in total. The van der Waals surface area contributed by atoms with E-state index in [1.54, 1.807) is 24.3 Å². The molecule has 1 aromatic carbocycles. The molecular formula is C16H27NaO3S. The van der Waals surface area contributed by atoms with Crippen LogP contribution in [-0.2, 0) is 10.1 Å². The minimum atomic E-state index is -3.44. The molecule has 0 unspecified atom stereocenters. The van der Waals surface area contributed by atoms with Crippen molar-refractivity contribution in [2.75, 3.05) is 5.75 Å². The molecular weight excluding hydrogens is 295 g/mol. The monoisotopic (exact) mass is 322 g/mol. The summed E-state index contributed by atoms with van der Waals surface area (Å²) in [7, 11) is -3.44. The SMILES string of the molecule is CCCCCCCCCCS(=O)(=O)Oc1ccccc1.[H-].[Na+]. The Morgan fingerprint density at radius 2 is 1.43 bits per heavy atom. The van der Waals surface area contributed by atoms with Crippen molar-refractivity contribution in [3.05, 3.63) is 30.3 Å². The van der Waals surface area contributed by atoms with E-state index in [2.05, 4.69) is 6.92 Å². The molecule has 116 valence electrons. The zero-order chi connectivity index (χ0) is 14.7. The topological polar surface area (TPSA) is 43.4 Å². The summed E-state index contributed by atoms with van der Waals surface area (Å²) < 4.78 is 28.5. The third-order valence-electron chi connectivity index (χ3n) is 3.21. The average molecular weight is 322 g/mol. The largest absolute Gasteiger partial charge is 1.00 e. The maximum atomic E-state index is 11.8. The van der Waals surface area contributed by atoms with Gasteiger partial charge < -0.3 is 5.61 Å². The van der Waals surface area contributed by atoms with Crippen molar-refractivity contribution < 1.29 is 43.6 Å². The van der Waals surface area contributed by atoms with Gasteiger partial charge in [-0.1, -0.05) is 70.1 Å². The van der Waals surface area contributed by atoms with Crippen LogP contribution in [0.4, 0.5) is 0 Å². The average Bonchev–Trinajstić information content (AvgIpc) is 2.42. The summed E-state index contributed by atoms with van der Waals surface area (Å²) in [6.07, 6.45) is 9.10. The van der Waals surface area contributed by atoms with E-state index >= 15 is 0 Å². The molecule has 1 aromatic rings. The van der Waals surface area contributed by atoms with Gasteiger partial charge in [0, 0.05) is 0 Å². The van der Waals surface area contributed by atoms with E-state index in [-0.39, 0.29) is 36.7 Å². The summed E-state index contributed by atoms with van der Waals surface area (Å²) in [6.45, 7) is 2.21. The third kappa shape index (κ3) is 11.2. The van der Waals surface area contributed by atoms with Crippen LogP contribution in [0, 0.1) is 0 Å². The number of unbranched alkanes of at least 4 members (excludes halogenated alkanes) is 7. The smallest absolute Gasteiger partial charge is 1.00 e. The molecule has 0 fully saturated rings. The van der Waals surface area contributed by atoms with E-state index in [0.29, 0.717) is 12.2 Å². The Morgan fingerprint density at radius 3 is 2.00 bits per heavy atom. The first-order valence-corrected chi connectivity index (χ1v) is 9.19. The Morgan fingerprint density at radius 1 is 0.905 bits per heavy atom. The van der Waals surface area contributed by atoms with Crippen LogP contribution in [0.1, 0.15) is 59.7 Å². The molecule has 0 bridgehead atoms. The van der Waals surface area contributed by atoms with Crippen molar-refractivity contribution in [1.29, 1.82) is 0 Å². The van der Waals surface area contributed by atoms with Gasteiger partial charge in [0.15, 0.2) is 0 Å². The number of rotatable bonds is 11. The van der Waals surface area contributed by atoms with Gasteiger partial charge in [-0.3, -0.25) is 0 Å². The maximum absolute atomic E-state index is 11.8. The Balaban J connectivity index is 0.